The summed E-state index contributed by atoms with van der Waals surface area (Å²) in [5.74, 6) is 0.698. The first kappa shape index (κ1) is 18.4. The zero-order valence-corrected chi connectivity index (χ0v) is 16.5. The van der Waals surface area contributed by atoms with Crippen molar-refractivity contribution in [1.82, 2.24) is 15.3 Å². The van der Waals surface area contributed by atoms with Crippen molar-refractivity contribution in [3.63, 3.8) is 0 Å². The van der Waals surface area contributed by atoms with Gasteiger partial charge in [0.2, 0.25) is 11.9 Å². The molecular formula is C21H25N5O2. The molecule has 2 aliphatic rings. The minimum absolute atomic E-state index is 0.0631. The van der Waals surface area contributed by atoms with E-state index in [9.17, 15) is 9.59 Å². The van der Waals surface area contributed by atoms with Crippen molar-refractivity contribution in [3.05, 3.63) is 47.8 Å². The molecule has 2 amide bonds. The molecule has 146 valence electrons. The minimum Gasteiger partial charge on any atom is -0.350 e. The highest BCUT2D eigenvalue weighted by Gasteiger charge is 2.51. The molecule has 0 unspecified atom stereocenters. The first-order chi connectivity index (χ1) is 13.4. The summed E-state index contributed by atoms with van der Waals surface area (Å²) in [6, 6.07) is 7.46. The molecule has 7 heteroatoms. The SMILES string of the molecule is CC(C)NC(=O)c1ccc2c(c1)C1(CCN(c3ncccn3)CC1)C(=O)N2C. The average molecular weight is 379 g/mol. The number of aromatic nitrogens is 2. The van der Waals surface area contributed by atoms with Crippen LogP contribution in [0.1, 0.15) is 42.6 Å². The lowest BCUT2D eigenvalue weighted by Gasteiger charge is -2.38. The van der Waals surface area contributed by atoms with Crippen LogP contribution in [0.5, 0.6) is 0 Å². The Morgan fingerprint density at radius 2 is 1.86 bits per heavy atom. The second-order valence-electron chi connectivity index (χ2n) is 7.84. The van der Waals surface area contributed by atoms with Gasteiger partial charge in [0.25, 0.3) is 5.91 Å². The number of nitrogens with zero attached hydrogens (tertiary/aromatic N) is 4. The average Bonchev–Trinajstić information content (AvgIpc) is 2.90. The summed E-state index contributed by atoms with van der Waals surface area (Å²) in [7, 11) is 1.82. The molecular weight excluding hydrogens is 354 g/mol. The maximum atomic E-state index is 13.2. The fourth-order valence-corrected chi connectivity index (χ4v) is 4.27. The van der Waals surface area contributed by atoms with Crippen molar-refractivity contribution in [2.75, 3.05) is 29.9 Å². The van der Waals surface area contributed by atoms with Crippen molar-refractivity contribution in [2.45, 2.75) is 38.1 Å². The smallest absolute Gasteiger partial charge is 0.251 e. The summed E-state index contributed by atoms with van der Waals surface area (Å²) in [6.45, 7) is 5.27. The maximum absolute atomic E-state index is 13.2. The van der Waals surface area contributed by atoms with Crippen LogP contribution in [0.2, 0.25) is 0 Å². The molecule has 0 saturated carbocycles. The Hall–Kier alpha value is -2.96. The molecule has 1 spiro atoms. The number of anilines is 2. The summed E-state index contributed by atoms with van der Waals surface area (Å²) in [5, 5.41) is 2.93. The van der Waals surface area contributed by atoms with Crippen molar-refractivity contribution < 1.29 is 9.59 Å². The first-order valence-corrected chi connectivity index (χ1v) is 9.68. The van der Waals surface area contributed by atoms with Crippen LogP contribution in [0.3, 0.4) is 0 Å². The van der Waals surface area contributed by atoms with Gasteiger partial charge in [0.15, 0.2) is 0 Å². The lowest BCUT2D eigenvalue weighted by Crippen LogP contribution is -2.48. The monoisotopic (exact) mass is 379 g/mol. The van der Waals surface area contributed by atoms with Gasteiger partial charge in [-0.05, 0) is 56.5 Å². The Morgan fingerprint density at radius 3 is 2.50 bits per heavy atom. The number of hydrogen-bond acceptors (Lipinski definition) is 5. The largest absolute Gasteiger partial charge is 0.350 e. The fraction of sp³-hybridized carbons (Fsp3) is 0.429. The molecule has 1 saturated heterocycles. The molecule has 0 aliphatic carbocycles. The summed E-state index contributed by atoms with van der Waals surface area (Å²) in [5.41, 5.74) is 1.88. The Labute approximate surface area is 164 Å². The summed E-state index contributed by atoms with van der Waals surface area (Å²) >= 11 is 0. The van der Waals surface area contributed by atoms with Crippen LogP contribution in [-0.4, -0.2) is 48.0 Å². The van der Waals surface area contributed by atoms with E-state index in [2.05, 4.69) is 20.2 Å². The number of carbonyl (C=O) groups excluding carboxylic acids is 2. The molecule has 4 rings (SSSR count). The van der Waals surface area contributed by atoms with Crippen LogP contribution in [0.25, 0.3) is 0 Å². The van der Waals surface area contributed by atoms with Gasteiger partial charge in [-0.3, -0.25) is 9.59 Å². The number of piperidine rings is 1. The highest BCUT2D eigenvalue weighted by atomic mass is 16.2. The Morgan fingerprint density at radius 1 is 1.18 bits per heavy atom. The molecule has 28 heavy (non-hydrogen) atoms. The minimum atomic E-state index is -0.580. The van der Waals surface area contributed by atoms with Crippen LogP contribution < -0.4 is 15.1 Å². The van der Waals surface area contributed by atoms with Gasteiger partial charge in [-0.15, -0.1) is 0 Å². The number of amides is 2. The zero-order chi connectivity index (χ0) is 19.9. The third-order valence-corrected chi connectivity index (χ3v) is 5.72. The van der Waals surface area contributed by atoms with E-state index in [1.165, 1.54) is 0 Å². The number of hydrogen-bond donors (Lipinski definition) is 1. The second-order valence-corrected chi connectivity index (χ2v) is 7.84. The topological polar surface area (TPSA) is 78.4 Å². The van der Waals surface area contributed by atoms with Crippen molar-refractivity contribution in [3.8, 4) is 0 Å². The molecule has 1 fully saturated rings. The number of carbonyl (C=O) groups is 2. The molecule has 1 N–H and O–H groups in total. The van der Waals surface area contributed by atoms with Gasteiger partial charge in [0.1, 0.15) is 0 Å². The lowest BCUT2D eigenvalue weighted by atomic mass is 9.73. The molecule has 0 atom stereocenters. The van der Waals surface area contributed by atoms with E-state index in [0.717, 1.165) is 11.3 Å². The van der Waals surface area contributed by atoms with Crippen molar-refractivity contribution >= 4 is 23.5 Å². The number of fused-ring (bicyclic) bond motifs is 2. The highest BCUT2D eigenvalue weighted by Crippen LogP contribution is 2.48. The van der Waals surface area contributed by atoms with E-state index in [-0.39, 0.29) is 17.9 Å². The maximum Gasteiger partial charge on any atom is 0.251 e. The Bertz CT molecular complexity index is 904. The lowest BCUT2D eigenvalue weighted by molar-refractivity contribution is -0.123. The van der Waals surface area contributed by atoms with E-state index < -0.39 is 5.41 Å². The molecule has 0 radical (unpaired) electrons. The van der Waals surface area contributed by atoms with Gasteiger partial charge in [-0.1, -0.05) is 0 Å². The summed E-state index contributed by atoms with van der Waals surface area (Å²) in [6.07, 6.45) is 4.82. The molecule has 1 aromatic heterocycles. The molecule has 0 bridgehead atoms. The van der Waals surface area contributed by atoms with Gasteiger partial charge >= 0.3 is 0 Å². The van der Waals surface area contributed by atoms with Crippen molar-refractivity contribution in [2.24, 2.45) is 0 Å². The predicted molar refractivity (Wildman–Crippen MR) is 108 cm³/mol. The summed E-state index contributed by atoms with van der Waals surface area (Å²) < 4.78 is 0. The van der Waals surface area contributed by atoms with E-state index in [1.54, 1.807) is 29.4 Å². The Balaban J connectivity index is 1.64. The summed E-state index contributed by atoms with van der Waals surface area (Å²) in [4.78, 5) is 38.2. The zero-order valence-electron chi connectivity index (χ0n) is 16.5. The van der Waals surface area contributed by atoms with Crippen LogP contribution in [0.4, 0.5) is 11.6 Å². The van der Waals surface area contributed by atoms with E-state index in [4.69, 9.17) is 0 Å². The van der Waals surface area contributed by atoms with Crippen LogP contribution in [-0.2, 0) is 10.2 Å². The molecule has 3 heterocycles. The molecule has 7 nitrogen and oxygen atoms in total. The van der Waals surface area contributed by atoms with Crippen LogP contribution >= 0.6 is 0 Å². The number of likely N-dealkylation sites (N-methyl/N-ethyl adjacent to an activating group) is 1. The van der Waals surface area contributed by atoms with Gasteiger partial charge in [-0.25, -0.2) is 9.97 Å². The third kappa shape index (κ3) is 2.91. The predicted octanol–water partition coefficient (Wildman–Crippen LogP) is 2.13. The van der Waals surface area contributed by atoms with Gasteiger partial charge < -0.3 is 15.1 Å². The Kier molecular flexibility index (Phi) is 4.53. The van der Waals surface area contributed by atoms with E-state index >= 15 is 0 Å². The molecule has 1 aromatic carbocycles. The first-order valence-electron chi connectivity index (χ1n) is 9.68. The molecule has 2 aliphatic heterocycles. The number of rotatable bonds is 3. The van der Waals surface area contributed by atoms with E-state index in [1.807, 2.05) is 33.0 Å². The van der Waals surface area contributed by atoms with Gasteiger partial charge in [0, 0.05) is 49.8 Å². The fourth-order valence-electron chi connectivity index (χ4n) is 4.27. The van der Waals surface area contributed by atoms with Crippen LogP contribution in [0.15, 0.2) is 36.7 Å². The van der Waals surface area contributed by atoms with Gasteiger partial charge in [0.05, 0.1) is 5.41 Å². The van der Waals surface area contributed by atoms with Crippen LogP contribution in [0, 0.1) is 0 Å². The standard InChI is InChI=1S/C21H25N5O2/c1-14(2)24-18(27)15-5-6-17-16(13-15)21(19(28)25(17)3)7-11-26(12-8-21)20-22-9-4-10-23-20/h4-6,9-10,13-14H,7-8,11-12H2,1-3H3,(H,24,27). The second kappa shape index (κ2) is 6.89. The quantitative estimate of drug-likeness (QED) is 0.884. The third-order valence-electron chi connectivity index (χ3n) is 5.72. The normalized spacial score (nSPS) is 17.9. The van der Waals surface area contributed by atoms with Crippen molar-refractivity contribution in [1.29, 1.82) is 0 Å². The number of benzene rings is 1. The van der Waals surface area contributed by atoms with E-state index in [0.29, 0.717) is 37.4 Å². The highest BCUT2D eigenvalue weighted by molar-refractivity contribution is 6.09. The number of nitrogens with one attached hydrogen (secondary N) is 1. The molecule has 2 aromatic rings. The van der Waals surface area contributed by atoms with Gasteiger partial charge in [-0.2, -0.15) is 0 Å².